The standard InChI is InChI=1S/C16H17N5/c1-4-17-16(15-11(2)7-8-21(15)3)19-13-5-6-14-12(9-13)10-18-20-14/h4-10,19H,2H2,1,3H3,(H,18,20)/b16-15-,17-4-. The summed E-state index contributed by atoms with van der Waals surface area (Å²) in [5.41, 5.74) is 1.97. The third-order valence-electron chi connectivity index (χ3n) is 3.34. The van der Waals surface area contributed by atoms with Gasteiger partial charge in [-0.1, -0.05) is 6.58 Å². The summed E-state index contributed by atoms with van der Waals surface area (Å²) in [5.74, 6) is 0.776. The fraction of sp³-hybridized carbons (Fsp3) is 0.125. The normalized spacial score (nSPS) is 13.0. The van der Waals surface area contributed by atoms with Crippen LogP contribution in [0.4, 0.5) is 5.69 Å². The topological polar surface area (TPSA) is 58.0 Å². The lowest BCUT2D eigenvalue weighted by molar-refractivity contribution is 0.881. The third kappa shape index (κ3) is 2.45. The van der Waals surface area contributed by atoms with E-state index in [1.54, 1.807) is 12.4 Å². The molecule has 3 rings (SSSR count). The molecular weight excluding hydrogens is 262 g/mol. The van der Waals surface area contributed by atoms with Gasteiger partial charge in [0.1, 0.15) is 0 Å². The number of H-pyrrole nitrogens is 1. The smallest absolute Gasteiger partial charge is 0.154 e. The van der Waals surface area contributed by atoms with Crippen LogP contribution in [0.25, 0.3) is 23.3 Å². The Hall–Kier alpha value is -2.82. The fourth-order valence-corrected chi connectivity index (χ4v) is 2.34. The summed E-state index contributed by atoms with van der Waals surface area (Å²) >= 11 is 0. The number of anilines is 1. The Morgan fingerprint density at radius 2 is 2.29 bits per heavy atom. The third-order valence-corrected chi connectivity index (χ3v) is 3.34. The van der Waals surface area contributed by atoms with Crippen LogP contribution in [0.3, 0.4) is 0 Å². The van der Waals surface area contributed by atoms with Gasteiger partial charge < -0.3 is 9.88 Å². The molecule has 0 saturated heterocycles. The van der Waals surface area contributed by atoms with Gasteiger partial charge in [-0.2, -0.15) is 5.10 Å². The number of rotatable bonds is 3. The molecule has 0 aliphatic rings. The van der Waals surface area contributed by atoms with Crippen LogP contribution in [-0.2, 0) is 7.05 Å². The Morgan fingerprint density at radius 1 is 1.43 bits per heavy atom. The van der Waals surface area contributed by atoms with E-state index < -0.39 is 0 Å². The van der Waals surface area contributed by atoms with E-state index >= 15 is 0 Å². The van der Waals surface area contributed by atoms with Gasteiger partial charge in [0.05, 0.1) is 17.1 Å². The highest BCUT2D eigenvalue weighted by molar-refractivity contribution is 5.83. The second-order valence-corrected chi connectivity index (χ2v) is 4.83. The van der Waals surface area contributed by atoms with E-state index in [9.17, 15) is 0 Å². The number of hydrogen-bond acceptors (Lipinski definition) is 3. The molecule has 0 aliphatic carbocycles. The van der Waals surface area contributed by atoms with Crippen LogP contribution in [0.1, 0.15) is 6.92 Å². The zero-order chi connectivity index (χ0) is 14.8. The van der Waals surface area contributed by atoms with E-state index in [0.717, 1.165) is 33.0 Å². The van der Waals surface area contributed by atoms with Crippen LogP contribution < -0.4 is 15.9 Å². The van der Waals surface area contributed by atoms with Gasteiger partial charge >= 0.3 is 0 Å². The molecule has 21 heavy (non-hydrogen) atoms. The van der Waals surface area contributed by atoms with Gasteiger partial charge in [-0.3, -0.25) is 5.10 Å². The number of aromatic nitrogens is 3. The highest BCUT2D eigenvalue weighted by Gasteiger charge is 2.03. The highest BCUT2D eigenvalue weighted by atomic mass is 15.1. The van der Waals surface area contributed by atoms with Gasteiger partial charge in [-0.15, -0.1) is 0 Å². The van der Waals surface area contributed by atoms with Crippen molar-refractivity contribution >= 4 is 35.2 Å². The average Bonchev–Trinajstić information content (AvgIpc) is 3.05. The summed E-state index contributed by atoms with van der Waals surface area (Å²) in [6.07, 6.45) is 5.55. The van der Waals surface area contributed by atoms with E-state index in [4.69, 9.17) is 0 Å². The molecule has 0 unspecified atom stereocenters. The molecule has 2 heterocycles. The predicted octanol–water partition coefficient (Wildman–Crippen LogP) is 1.58. The second-order valence-electron chi connectivity index (χ2n) is 4.83. The van der Waals surface area contributed by atoms with Gasteiger partial charge in [-0.25, -0.2) is 4.99 Å². The maximum Gasteiger partial charge on any atom is 0.154 e. The maximum atomic E-state index is 4.45. The highest BCUT2D eigenvalue weighted by Crippen LogP contribution is 2.18. The number of hydrogen-bond donors (Lipinski definition) is 2. The lowest BCUT2D eigenvalue weighted by Gasteiger charge is -2.07. The molecule has 2 N–H and O–H groups in total. The van der Waals surface area contributed by atoms with Crippen molar-refractivity contribution in [1.82, 2.24) is 14.8 Å². The van der Waals surface area contributed by atoms with Crippen molar-refractivity contribution in [3.63, 3.8) is 0 Å². The molecule has 0 spiro atoms. The molecule has 5 nitrogen and oxygen atoms in total. The van der Waals surface area contributed by atoms with Crippen molar-refractivity contribution in [3.8, 4) is 0 Å². The Morgan fingerprint density at radius 3 is 3.00 bits per heavy atom. The summed E-state index contributed by atoms with van der Waals surface area (Å²) in [6.45, 7) is 5.95. The summed E-state index contributed by atoms with van der Waals surface area (Å²) < 4.78 is 2.01. The van der Waals surface area contributed by atoms with E-state index in [1.807, 2.05) is 49.0 Å². The van der Waals surface area contributed by atoms with Gasteiger partial charge in [0.2, 0.25) is 0 Å². The molecule has 1 aromatic carbocycles. The molecule has 3 aromatic rings. The number of nitrogens with zero attached hydrogens (tertiary/aromatic N) is 3. The minimum Gasteiger partial charge on any atom is -0.348 e. The summed E-state index contributed by atoms with van der Waals surface area (Å²) in [5, 5.41) is 13.3. The Labute approximate surface area is 122 Å². The molecule has 0 bridgehead atoms. The molecular formula is C16H17N5. The van der Waals surface area contributed by atoms with Gasteiger partial charge in [0, 0.05) is 30.5 Å². The molecule has 5 heteroatoms. The first kappa shape index (κ1) is 13.2. The van der Waals surface area contributed by atoms with Crippen molar-refractivity contribution in [2.45, 2.75) is 6.92 Å². The van der Waals surface area contributed by atoms with Crippen LogP contribution in [-0.4, -0.2) is 21.0 Å². The van der Waals surface area contributed by atoms with Gasteiger partial charge in [-0.05, 0) is 36.4 Å². The first-order valence-corrected chi connectivity index (χ1v) is 6.72. The molecule has 0 atom stereocenters. The van der Waals surface area contributed by atoms with Crippen LogP contribution >= 0.6 is 0 Å². The van der Waals surface area contributed by atoms with Crippen molar-refractivity contribution in [1.29, 1.82) is 0 Å². The first-order valence-electron chi connectivity index (χ1n) is 6.72. The molecule has 2 aromatic heterocycles. The monoisotopic (exact) mass is 279 g/mol. The van der Waals surface area contributed by atoms with Crippen molar-refractivity contribution in [3.05, 3.63) is 47.2 Å². The lowest BCUT2D eigenvalue weighted by Crippen LogP contribution is -2.31. The van der Waals surface area contributed by atoms with E-state index in [1.165, 1.54) is 0 Å². The second kappa shape index (κ2) is 5.28. The van der Waals surface area contributed by atoms with E-state index in [2.05, 4.69) is 27.1 Å². The number of nitrogens with one attached hydrogen (secondary N) is 2. The van der Waals surface area contributed by atoms with Crippen LogP contribution in [0.15, 0.2) is 41.7 Å². The van der Waals surface area contributed by atoms with E-state index in [-0.39, 0.29) is 0 Å². The van der Waals surface area contributed by atoms with Crippen LogP contribution in [0.5, 0.6) is 0 Å². The zero-order valence-corrected chi connectivity index (χ0v) is 12.1. The SMILES string of the molecule is C=c1ccn(C)/c1=C(/N=C\C)Nc1ccc2[nH]ncc2c1. The van der Waals surface area contributed by atoms with E-state index in [0.29, 0.717) is 0 Å². The maximum absolute atomic E-state index is 4.45. The van der Waals surface area contributed by atoms with Crippen molar-refractivity contribution < 1.29 is 0 Å². The van der Waals surface area contributed by atoms with Gasteiger partial charge in [0.15, 0.2) is 5.82 Å². The summed E-state index contributed by atoms with van der Waals surface area (Å²) in [4.78, 5) is 4.45. The van der Waals surface area contributed by atoms with Crippen molar-refractivity contribution in [2.24, 2.45) is 12.0 Å². The molecule has 0 fully saturated rings. The molecule has 106 valence electrons. The lowest BCUT2D eigenvalue weighted by atomic mass is 10.2. The van der Waals surface area contributed by atoms with Crippen LogP contribution in [0.2, 0.25) is 0 Å². The first-order chi connectivity index (χ1) is 10.2. The molecule has 0 saturated carbocycles. The van der Waals surface area contributed by atoms with Gasteiger partial charge in [0.25, 0.3) is 0 Å². The number of fused-ring (bicyclic) bond motifs is 1. The average molecular weight is 279 g/mol. The minimum absolute atomic E-state index is 0.776. The quantitative estimate of drug-likeness (QED) is 0.715. The molecule has 0 aliphatic heterocycles. The molecule has 0 amide bonds. The molecule has 0 radical (unpaired) electrons. The Kier molecular flexibility index (Phi) is 3.31. The predicted molar refractivity (Wildman–Crippen MR) is 87.5 cm³/mol. The fourth-order valence-electron chi connectivity index (χ4n) is 2.34. The summed E-state index contributed by atoms with van der Waals surface area (Å²) in [7, 11) is 1.98. The number of aliphatic imine (C=N–C) groups is 1. The number of aryl methyl sites for hydroxylation is 1. The number of aromatic amines is 1. The minimum atomic E-state index is 0.776. The van der Waals surface area contributed by atoms with Crippen molar-refractivity contribution in [2.75, 3.05) is 5.32 Å². The Bertz CT molecular complexity index is 914. The zero-order valence-electron chi connectivity index (χ0n) is 12.1. The Balaban J connectivity index is 2.11. The largest absolute Gasteiger partial charge is 0.348 e. The number of benzene rings is 1. The summed E-state index contributed by atoms with van der Waals surface area (Å²) in [6, 6.07) is 8.00. The van der Waals surface area contributed by atoms with Crippen LogP contribution in [0, 0.1) is 0 Å².